The van der Waals surface area contributed by atoms with Gasteiger partial charge in [0.15, 0.2) is 17.5 Å². The number of nitrogens with zero attached hydrogens (tertiary/aromatic N) is 4. The van der Waals surface area contributed by atoms with Crippen molar-refractivity contribution < 1.29 is 0 Å². The molecule has 0 N–H and O–H groups in total. The van der Waals surface area contributed by atoms with E-state index < -0.39 is 0 Å². The molecule has 2 aromatic heterocycles. The first-order chi connectivity index (χ1) is 27.3. The molecule has 0 aliphatic carbocycles. The average Bonchev–Trinajstić information content (AvgIpc) is 3.61. The third-order valence-corrected chi connectivity index (χ3v) is 10.3. The van der Waals surface area contributed by atoms with E-state index in [9.17, 15) is 0 Å². The molecule has 258 valence electrons. The molecule has 55 heavy (non-hydrogen) atoms. The van der Waals surface area contributed by atoms with Crippen LogP contribution in [0.15, 0.2) is 206 Å². The molecule has 4 heteroatoms. The third-order valence-electron chi connectivity index (χ3n) is 10.3. The zero-order valence-electron chi connectivity index (χ0n) is 29.9. The number of para-hydroxylation sites is 3. The summed E-state index contributed by atoms with van der Waals surface area (Å²) in [5.74, 6) is 1.96. The van der Waals surface area contributed by atoms with Crippen LogP contribution < -0.4 is 0 Å². The number of aromatic nitrogens is 4. The monoisotopic (exact) mass is 702 g/mol. The number of benzene rings is 8. The van der Waals surface area contributed by atoms with Gasteiger partial charge in [0.05, 0.1) is 16.7 Å². The predicted octanol–water partition coefficient (Wildman–Crippen LogP) is 13.0. The van der Waals surface area contributed by atoms with Gasteiger partial charge in [-0.1, -0.05) is 188 Å². The quantitative estimate of drug-likeness (QED) is 0.166. The van der Waals surface area contributed by atoms with Gasteiger partial charge in [-0.2, -0.15) is 0 Å². The molecule has 0 unspecified atom stereocenters. The van der Waals surface area contributed by atoms with Crippen molar-refractivity contribution >= 4 is 21.8 Å². The largest absolute Gasteiger partial charge is 0.309 e. The summed E-state index contributed by atoms with van der Waals surface area (Å²) in [5, 5.41) is 2.53. The Labute approximate surface area is 319 Å². The summed E-state index contributed by atoms with van der Waals surface area (Å²) >= 11 is 0. The molecule has 0 spiro atoms. The van der Waals surface area contributed by atoms with Crippen LogP contribution in [0.1, 0.15) is 0 Å². The Bertz CT molecular complexity index is 2820. The van der Waals surface area contributed by atoms with E-state index in [1.165, 1.54) is 49.7 Å². The molecule has 0 saturated carbocycles. The molecule has 4 nitrogen and oxygen atoms in total. The summed E-state index contributed by atoms with van der Waals surface area (Å²) in [4.78, 5) is 14.6. The van der Waals surface area contributed by atoms with Crippen molar-refractivity contribution in [2.24, 2.45) is 0 Å². The number of hydrogen-bond donors (Lipinski definition) is 0. The van der Waals surface area contributed by atoms with Crippen LogP contribution in [0.25, 0.3) is 95.0 Å². The first-order valence-electron chi connectivity index (χ1n) is 18.5. The zero-order valence-corrected chi connectivity index (χ0v) is 29.9. The standard InChI is InChI=1S/C51H34N4/c1-3-13-40(14-4-1)49-52-50(41-15-5-2-6-16-41)54-51(53-49)42-33-29-38(30-34-42)36-25-23-35(24-26-36)37-27-31-39(32-28-37)43-17-7-10-20-46(43)55-47-21-11-8-18-44(47)45-19-9-12-22-48(45)55/h1-34H. The van der Waals surface area contributed by atoms with Crippen molar-refractivity contribution in [1.29, 1.82) is 0 Å². The van der Waals surface area contributed by atoms with Crippen molar-refractivity contribution in [3.05, 3.63) is 206 Å². The van der Waals surface area contributed by atoms with Crippen LogP contribution in [0.4, 0.5) is 0 Å². The topological polar surface area (TPSA) is 43.6 Å². The molecule has 10 aromatic rings. The Kier molecular flexibility index (Phi) is 8.12. The summed E-state index contributed by atoms with van der Waals surface area (Å²) < 4.78 is 2.40. The minimum absolute atomic E-state index is 0.649. The molecule has 0 radical (unpaired) electrons. The van der Waals surface area contributed by atoms with E-state index in [0.717, 1.165) is 27.8 Å². The second-order valence-corrected chi connectivity index (χ2v) is 13.7. The van der Waals surface area contributed by atoms with Gasteiger partial charge in [-0.15, -0.1) is 0 Å². The molecule has 0 atom stereocenters. The van der Waals surface area contributed by atoms with Crippen molar-refractivity contribution in [2.45, 2.75) is 0 Å². The summed E-state index contributed by atoms with van der Waals surface area (Å²) in [6, 6.07) is 72.4. The van der Waals surface area contributed by atoms with E-state index in [1.54, 1.807) is 0 Å². The van der Waals surface area contributed by atoms with Crippen LogP contribution in [0.3, 0.4) is 0 Å². The summed E-state index contributed by atoms with van der Waals surface area (Å²) in [6.45, 7) is 0. The highest BCUT2D eigenvalue weighted by Gasteiger charge is 2.16. The molecule has 0 aliphatic rings. The molecule has 8 aromatic carbocycles. The predicted molar refractivity (Wildman–Crippen MR) is 227 cm³/mol. The van der Waals surface area contributed by atoms with Gasteiger partial charge in [0.1, 0.15) is 0 Å². The molecule has 0 amide bonds. The van der Waals surface area contributed by atoms with Crippen molar-refractivity contribution in [3.8, 4) is 73.2 Å². The summed E-state index contributed by atoms with van der Waals surface area (Å²) in [7, 11) is 0. The fourth-order valence-electron chi connectivity index (χ4n) is 7.54. The van der Waals surface area contributed by atoms with Gasteiger partial charge in [0.25, 0.3) is 0 Å². The molecule has 0 saturated heterocycles. The van der Waals surface area contributed by atoms with Gasteiger partial charge in [-0.05, 0) is 46.0 Å². The lowest BCUT2D eigenvalue weighted by molar-refractivity contribution is 1.07. The zero-order chi connectivity index (χ0) is 36.6. The van der Waals surface area contributed by atoms with Gasteiger partial charge in [-0.25, -0.2) is 15.0 Å². The van der Waals surface area contributed by atoms with Crippen molar-refractivity contribution in [2.75, 3.05) is 0 Å². The lowest BCUT2D eigenvalue weighted by atomic mass is 9.97. The van der Waals surface area contributed by atoms with Crippen LogP contribution in [0.5, 0.6) is 0 Å². The lowest BCUT2D eigenvalue weighted by Gasteiger charge is -2.14. The fourth-order valence-corrected chi connectivity index (χ4v) is 7.54. The Balaban J connectivity index is 0.922. The molecule has 0 fully saturated rings. The minimum atomic E-state index is 0.649. The molecule has 0 aliphatic heterocycles. The summed E-state index contributed by atoms with van der Waals surface area (Å²) in [6.07, 6.45) is 0. The fraction of sp³-hybridized carbons (Fsp3) is 0. The van der Waals surface area contributed by atoms with E-state index in [-0.39, 0.29) is 0 Å². The Hall–Kier alpha value is -7.43. The van der Waals surface area contributed by atoms with Gasteiger partial charge < -0.3 is 4.57 Å². The molecule has 10 rings (SSSR count). The number of rotatable bonds is 7. The second kappa shape index (κ2) is 13.8. The van der Waals surface area contributed by atoms with Gasteiger partial charge in [0.2, 0.25) is 0 Å². The van der Waals surface area contributed by atoms with E-state index in [1.807, 2.05) is 60.7 Å². The number of fused-ring (bicyclic) bond motifs is 3. The lowest BCUT2D eigenvalue weighted by Crippen LogP contribution is -2.00. The van der Waals surface area contributed by atoms with Crippen LogP contribution in [0, 0.1) is 0 Å². The SMILES string of the molecule is c1ccc(-c2nc(-c3ccccc3)nc(-c3ccc(-c4ccc(-c5ccc(-c6ccccc6-n6c7ccccc7c7ccccc76)cc5)cc4)cc3)n2)cc1. The maximum atomic E-state index is 4.89. The van der Waals surface area contributed by atoms with Crippen LogP contribution >= 0.6 is 0 Å². The Morgan fingerprint density at radius 1 is 0.255 bits per heavy atom. The van der Waals surface area contributed by atoms with E-state index >= 15 is 0 Å². The number of hydrogen-bond acceptors (Lipinski definition) is 3. The van der Waals surface area contributed by atoms with Crippen LogP contribution in [-0.4, -0.2) is 19.5 Å². The Morgan fingerprint density at radius 2 is 0.582 bits per heavy atom. The van der Waals surface area contributed by atoms with Crippen LogP contribution in [-0.2, 0) is 0 Å². The van der Waals surface area contributed by atoms with Gasteiger partial charge in [0, 0.05) is 33.0 Å². The van der Waals surface area contributed by atoms with Crippen molar-refractivity contribution in [3.63, 3.8) is 0 Å². The molecule has 2 heterocycles. The van der Waals surface area contributed by atoms with E-state index in [4.69, 9.17) is 15.0 Å². The maximum absolute atomic E-state index is 4.89. The molecular formula is C51H34N4. The minimum Gasteiger partial charge on any atom is -0.309 e. The highest BCUT2D eigenvalue weighted by molar-refractivity contribution is 6.09. The van der Waals surface area contributed by atoms with E-state index in [0.29, 0.717) is 17.5 Å². The highest BCUT2D eigenvalue weighted by Crippen LogP contribution is 2.37. The third kappa shape index (κ3) is 6.06. The van der Waals surface area contributed by atoms with E-state index in [2.05, 4.69) is 150 Å². The van der Waals surface area contributed by atoms with Gasteiger partial charge >= 0.3 is 0 Å². The van der Waals surface area contributed by atoms with Crippen molar-refractivity contribution in [1.82, 2.24) is 19.5 Å². The van der Waals surface area contributed by atoms with Crippen LogP contribution in [0.2, 0.25) is 0 Å². The highest BCUT2D eigenvalue weighted by atomic mass is 15.0. The first-order valence-corrected chi connectivity index (χ1v) is 18.5. The smallest absolute Gasteiger partial charge is 0.164 e. The Morgan fingerprint density at radius 3 is 1.04 bits per heavy atom. The molecule has 0 bridgehead atoms. The first kappa shape index (κ1) is 32.2. The summed E-state index contributed by atoms with van der Waals surface area (Å²) in [5.41, 5.74) is 13.5. The van der Waals surface area contributed by atoms with Gasteiger partial charge in [-0.3, -0.25) is 0 Å². The maximum Gasteiger partial charge on any atom is 0.164 e. The molecular weight excluding hydrogens is 669 g/mol. The normalized spacial score (nSPS) is 11.3. The average molecular weight is 703 g/mol. The second-order valence-electron chi connectivity index (χ2n) is 13.7.